The van der Waals surface area contributed by atoms with Gasteiger partial charge < -0.3 is 55.1 Å². The summed E-state index contributed by atoms with van der Waals surface area (Å²) in [7, 11) is 15.9. The van der Waals surface area contributed by atoms with Crippen LogP contribution in [-0.4, -0.2) is 459 Å². The lowest BCUT2D eigenvalue weighted by atomic mass is 9.93. The number of benzene rings is 1. The normalized spacial score (nSPS) is 27.0. The fourth-order valence-corrected chi connectivity index (χ4v) is 20.0. The molecule has 16 amide bonds. The van der Waals surface area contributed by atoms with Gasteiger partial charge in [-0.2, -0.15) is 0 Å². The number of unbranched alkanes of at least 4 members (excludes halogenated alkanes) is 4. The Bertz CT molecular complexity index is 4530. The van der Waals surface area contributed by atoms with Gasteiger partial charge in [-0.15, -0.1) is 0 Å². The quantitative estimate of drug-likeness (QED) is 0.0798. The monoisotopic (exact) mass is 1800 g/mol. The smallest absolute Gasteiger partial charge is 0.326 e. The van der Waals surface area contributed by atoms with Gasteiger partial charge in [-0.3, -0.25) is 78.4 Å². The SMILES string of the molecule is CC12N3CC4=C(OCCCCS(=O)(=O)[O-])CCC(OCCCCS(=O)(=O)[O-])=C4CN1C(=O)N1CN4C(=O)N5CN6C(=O)N7CN8C(=O)N9Cc%10c(OCCCCS(=O)(=O)[O-])ccc(OCCCCS(=O)(=O)[O-])c%10CN%10C(=O)N(CN%11C(=O)N(CN%12C(=O)N(CN(C3=O)C12C)C4C%125)C6C%117)C8(C)C%109C.C[N+](C)(C)C.C[N+](C)(C)C.C[N+](C)(C)C.C[N+](C)(C)C. The fourth-order valence-electron chi connectivity index (χ4n) is 17.7. The molecule has 0 unspecified atom stereocenters. The number of fused-ring (bicyclic) bond motifs is 2. The van der Waals surface area contributed by atoms with Crippen molar-refractivity contribution < 1.29 is 127 Å². The summed E-state index contributed by atoms with van der Waals surface area (Å²) in [5.41, 5.74) is -4.99. The molecule has 12 saturated heterocycles. The summed E-state index contributed by atoms with van der Waals surface area (Å²) in [5.74, 6) is -1.30. The Hall–Kier alpha value is -8.46. The summed E-state index contributed by atoms with van der Waals surface area (Å²) in [6, 6.07) is -2.48. The van der Waals surface area contributed by atoms with Gasteiger partial charge >= 0.3 is 48.2 Å². The maximum absolute atomic E-state index is 15.7. The zero-order valence-electron chi connectivity index (χ0n) is 73.6. The van der Waals surface area contributed by atoms with E-state index in [4.69, 9.17) is 18.9 Å². The third-order valence-electron chi connectivity index (χ3n) is 23.1. The van der Waals surface area contributed by atoms with E-state index in [1.807, 2.05) is 0 Å². The minimum Gasteiger partial charge on any atom is -0.748 e. The third-order valence-corrected chi connectivity index (χ3v) is 26.3. The van der Waals surface area contributed by atoms with Gasteiger partial charge in [0, 0.05) is 58.1 Å². The first-order valence-corrected chi connectivity index (χ1v) is 46.9. The second-order valence-electron chi connectivity index (χ2n) is 39.0. The van der Waals surface area contributed by atoms with E-state index in [2.05, 4.69) is 113 Å². The van der Waals surface area contributed by atoms with Crippen LogP contribution in [0.3, 0.4) is 0 Å². The molecule has 0 radical (unpaired) electrons. The van der Waals surface area contributed by atoms with Crippen molar-refractivity contribution in [2.75, 3.05) is 215 Å². The second-order valence-corrected chi connectivity index (χ2v) is 45.1. The number of allylic oxidation sites excluding steroid dienone is 2. The van der Waals surface area contributed by atoms with Crippen molar-refractivity contribution in [2.24, 2.45) is 0 Å². The minimum atomic E-state index is -4.53. The Kier molecular flexibility index (Phi) is 25.6. The number of ether oxygens (including phenoxy) is 4. The van der Waals surface area contributed by atoms with Crippen molar-refractivity contribution in [1.29, 1.82) is 0 Å². The van der Waals surface area contributed by atoms with E-state index < -0.39 is 199 Å². The van der Waals surface area contributed by atoms with Crippen LogP contribution in [0, 0.1) is 0 Å². The van der Waals surface area contributed by atoms with Gasteiger partial charge in [0.1, 0.15) is 63.0 Å². The first kappa shape index (κ1) is 94.2. The van der Waals surface area contributed by atoms with Crippen LogP contribution in [0.25, 0.3) is 0 Å². The van der Waals surface area contributed by atoms with Gasteiger partial charge in [0.05, 0.1) is 206 Å². The molecule has 48 heteroatoms. The lowest BCUT2D eigenvalue weighted by molar-refractivity contribution is -0.849. The molecular formula is C74H122N20O24S4. The Morgan fingerprint density at radius 1 is 0.303 bits per heavy atom. The van der Waals surface area contributed by atoms with Crippen LogP contribution in [-0.2, 0) is 63.0 Å². The molecule has 1 aromatic carbocycles. The van der Waals surface area contributed by atoms with Crippen molar-refractivity contribution in [2.45, 2.75) is 152 Å². The van der Waals surface area contributed by atoms with Crippen LogP contribution in [0.4, 0.5) is 38.4 Å². The van der Waals surface area contributed by atoms with Crippen LogP contribution in [0.1, 0.15) is 103 Å². The largest absolute Gasteiger partial charge is 0.748 e. The number of rotatable bonds is 24. The molecule has 686 valence electrons. The number of urea groups is 8. The number of quaternary nitrogens is 4. The van der Waals surface area contributed by atoms with E-state index in [0.29, 0.717) is 33.8 Å². The summed E-state index contributed by atoms with van der Waals surface area (Å²) < 4.78 is 166. The number of amides is 16. The highest BCUT2D eigenvalue weighted by Gasteiger charge is 2.80. The minimum absolute atomic E-state index is 0.00318. The summed E-state index contributed by atoms with van der Waals surface area (Å²) in [5, 5.41) is 0. The molecule has 0 N–H and O–H groups in total. The molecule has 13 heterocycles. The highest BCUT2D eigenvalue weighted by molar-refractivity contribution is 7.86. The van der Waals surface area contributed by atoms with Crippen LogP contribution in [0.5, 0.6) is 11.5 Å². The molecule has 14 aliphatic rings. The van der Waals surface area contributed by atoms with Gasteiger partial charge in [0.2, 0.25) is 0 Å². The van der Waals surface area contributed by atoms with Gasteiger partial charge in [0.25, 0.3) is 0 Å². The van der Waals surface area contributed by atoms with E-state index in [1.165, 1.54) is 78.4 Å². The molecule has 12 fully saturated rings. The van der Waals surface area contributed by atoms with E-state index >= 15 is 38.4 Å². The average Bonchev–Trinajstić information content (AvgIpc) is 1.49. The van der Waals surface area contributed by atoms with E-state index in [9.17, 15) is 51.9 Å². The summed E-state index contributed by atoms with van der Waals surface area (Å²) in [6.07, 6.45) is -4.16. The Morgan fingerprint density at radius 2 is 0.500 bits per heavy atom. The summed E-state index contributed by atoms with van der Waals surface area (Å²) in [6.45, 7) is 2.26. The number of carbonyl (C=O) groups is 8. The predicted molar refractivity (Wildman–Crippen MR) is 431 cm³/mol. The molecule has 13 aliphatic heterocycles. The number of carbonyl (C=O) groups excluding carboxylic acids is 8. The molecule has 122 heavy (non-hydrogen) atoms. The van der Waals surface area contributed by atoms with E-state index in [-0.39, 0.29) is 128 Å². The van der Waals surface area contributed by atoms with E-state index in [0.717, 1.165) is 17.9 Å². The van der Waals surface area contributed by atoms with Crippen LogP contribution < -0.4 is 9.47 Å². The Balaban J connectivity index is 0.000000653. The van der Waals surface area contributed by atoms with E-state index in [1.54, 1.807) is 39.8 Å². The lowest BCUT2D eigenvalue weighted by Crippen LogP contribution is -2.69. The molecule has 0 saturated carbocycles. The maximum Gasteiger partial charge on any atom is 0.326 e. The van der Waals surface area contributed by atoms with Crippen LogP contribution in [0.2, 0.25) is 0 Å². The molecule has 0 spiro atoms. The average molecular weight is 1800 g/mol. The van der Waals surface area contributed by atoms with Crippen molar-refractivity contribution in [3.63, 3.8) is 0 Å². The van der Waals surface area contributed by atoms with Crippen molar-refractivity contribution in [3.8, 4) is 11.5 Å². The summed E-state index contributed by atoms with van der Waals surface area (Å²) in [4.78, 5) is 147. The topological polar surface area (TPSA) is 454 Å². The fraction of sp³-hybridized carbons (Fsp3) is 0.757. The third kappa shape index (κ3) is 18.5. The van der Waals surface area contributed by atoms with Crippen molar-refractivity contribution in [1.82, 2.24) is 78.4 Å². The lowest BCUT2D eigenvalue weighted by Gasteiger charge is -2.49. The van der Waals surface area contributed by atoms with Crippen molar-refractivity contribution >= 4 is 88.7 Å². The molecule has 44 nitrogen and oxygen atoms in total. The highest BCUT2D eigenvalue weighted by Crippen LogP contribution is 2.59. The Labute approximate surface area is 715 Å². The first-order chi connectivity index (χ1) is 55.9. The molecule has 1 aliphatic carbocycles. The number of nitrogens with zero attached hydrogens (tertiary/aromatic N) is 20. The zero-order chi connectivity index (χ0) is 90.8. The molecular weight excluding hydrogens is 1680 g/mol. The molecule has 0 atom stereocenters. The molecule has 0 aromatic heterocycles. The second kappa shape index (κ2) is 33.1. The number of hydrogen-bond acceptors (Lipinski definition) is 24. The molecule has 1 aromatic rings. The van der Waals surface area contributed by atoms with Gasteiger partial charge in [0.15, 0.2) is 47.3 Å². The van der Waals surface area contributed by atoms with Crippen LogP contribution >= 0.6 is 0 Å². The van der Waals surface area contributed by atoms with Gasteiger partial charge in [-0.05, 0) is 91.2 Å². The highest BCUT2D eigenvalue weighted by atomic mass is 32.2. The van der Waals surface area contributed by atoms with Crippen LogP contribution in [0.15, 0.2) is 34.8 Å². The molecule has 15 rings (SSSR count). The van der Waals surface area contributed by atoms with Gasteiger partial charge in [-0.1, -0.05) is 0 Å². The molecule has 0 bridgehead atoms. The maximum atomic E-state index is 15.7. The predicted octanol–water partition coefficient (Wildman–Crippen LogP) is 1.25. The Morgan fingerprint density at radius 3 is 0.721 bits per heavy atom. The zero-order valence-corrected chi connectivity index (χ0v) is 76.9. The van der Waals surface area contributed by atoms with Crippen molar-refractivity contribution in [3.05, 3.63) is 45.9 Å². The summed E-state index contributed by atoms with van der Waals surface area (Å²) >= 11 is 0. The first-order valence-electron chi connectivity index (χ1n) is 40.6. The number of hydrogen-bond donors (Lipinski definition) is 0. The van der Waals surface area contributed by atoms with Gasteiger partial charge in [-0.25, -0.2) is 72.0 Å². The standard InChI is InChI=1S/C58H78N16O24S4.4C4H12N/c1-55-57(3)71-31-63-45-43-59(47(63)75)29-61-44-46-65(49(61)77)33-73-53(81)69-27-37-38(42(98-20-8-12-24-102(92,93)94)16-15-41(37)97-19-7-11-23-101(89,90)91)28-70-54(82)74(58(73,4)56(69,70)2)34-66(46)50(78)62(44)30-60(43)48(76)64(45)32-72(57)52(80)68(55)26-36-35(25-67(55)51(71)79)39(95-17-5-9-21-99(83,84)85)13-14-40(36)96-18-6-10-22-100(86,87)88;4*1-5(2,3)4/h13-14,43-46H,5-12,15-34H2,1-4H3,(H,83,84,85)(H,86,87,88)(H,89,90,91)(H,92,93,94);4*1-4H3/q;4*+1/p-4.